The van der Waals surface area contributed by atoms with Crippen molar-refractivity contribution < 1.29 is 18.7 Å². The molecule has 1 aliphatic carbocycles. The number of likely N-dealkylation sites (tertiary alicyclic amines) is 1. The van der Waals surface area contributed by atoms with Crippen molar-refractivity contribution in [3.05, 3.63) is 70.5 Å². The van der Waals surface area contributed by atoms with Crippen LogP contribution in [-0.2, 0) is 17.7 Å². The lowest BCUT2D eigenvalue weighted by Crippen LogP contribution is -2.46. The molecular formula is C30H36FNO3. The topological polar surface area (TPSA) is 45.8 Å². The molecule has 2 aromatic carbocycles. The van der Waals surface area contributed by atoms with E-state index in [9.17, 15) is 9.50 Å². The Morgan fingerprint density at radius 1 is 1.14 bits per heavy atom. The fourth-order valence-corrected chi connectivity index (χ4v) is 5.88. The third-order valence-electron chi connectivity index (χ3n) is 7.72. The van der Waals surface area contributed by atoms with Crippen molar-refractivity contribution >= 4 is 16.5 Å². The molecule has 1 fully saturated rings. The predicted molar refractivity (Wildman–Crippen MR) is 138 cm³/mol. The molecule has 5 heteroatoms. The number of methoxy groups -OCH3 is 1. The molecule has 5 rings (SSSR count). The van der Waals surface area contributed by atoms with E-state index < -0.39 is 0 Å². The van der Waals surface area contributed by atoms with Gasteiger partial charge in [-0.2, -0.15) is 0 Å². The normalized spacial score (nSPS) is 17.9. The Hall–Kier alpha value is -2.63. The van der Waals surface area contributed by atoms with Crippen molar-refractivity contribution in [3.8, 4) is 5.75 Å². The summed E-state index contributed by atoms with van der Waals surface area (Å²) in [5, 5.41) is 11.3. The molecule has 0 radical (unpaired) electrons. The Morgan fingerprint density at radius 2 is 2.00 bits per heavy atom. The Morgan fingerprint density at radius 3 is 2.77 bits per heavy atom. The summed E-state index contributed by atoms with van der Waals surface area (Å²) in [5.41, 5.74) is 7.25. The average molecular weight is 478 g/mol. The molecular weight excluding hydrogens is 441 g/mol. The number of fused-ring (bicyclic) bond motifs is 2. The number of alkyl halides is 1. The smallest absolute Gasteiger partial charge is 0.134 e. The minimum atomic E-state index is -0.236. The number of hydrogen-bond acceptors (Lipinski definition) is 4. The van der Waals surface area contributed by atoms with Crippen LogP contribution in [-0.4, -0.2) is 43.5 Å². The van der Waals surface area contributed by atoms with Crippen LogP contribution in [0.4, 0.5) is 4.39 Å². The van der Waals surface area contributed by atoms with E-state index in [1.54, 1.807) is 13.2 Å². The maximum atomic E-state index is 12.8. The van der Waals surface area contributed by atoms with E-state index in [4.69, 9.17) is 9.15 Å². The van der Waals surface area contributed by atoms with Crippen LogP contribution < -0.4 is 0 Å². The molecule has 1 atom stereocenters. The second-order valence-electron chi connectivity index (χ2n) is 10.2. The van der Waals surface area contributed by atoms with Crippen molar-refractivity contribution in [1.29, 1.82) is 0 Å². The number of ether oxygens (including phenoxy) is 1. The van der Waals surface area contributed by atoms with Gasteiger partial charge in [0, 0.05) is 38.1 Å². The van der Waals surface area contributed by atoms with Crippen LogP contribution in [0.3, 0.4) is 0 Å². The third kappa shape index (κ3) is 5.03. The van der Waals surface area contributed by atoms with Gasteiger partial charge in [0.25, 0.3) is 0 Å². The van der Waals surface area contributed by atoms with Crippen molar-refractivity contribution in [2.45, 2.75) is 45.6 Å². The molecule has 35 heavy (non-hydrogen) atoms. The van der Waals surface area contributed by atoms with Crippen LogP contribution in [0.1, 0.15) is 55.1 Å². The Kier molecular flexibility index (Phi) is 7.26. The van der Waals surface area contributed by atoms with Gasteiger partial charge in [0.05, 0.1) is 13.2 Å². The number of phenols is 1. The number of rotatable bonds is 9. The molecule has 3 aromatic rings. The summed E-state index contributed by atoms with van der Waals surface area (Å²) in [6, 6.07) is 14.5. The van der Waals surface area contributed by atoms with Gasteiger partial charge in [0.2, 0.25) is 0 Å². The zero-order valence-electron chi connectivity index (χ0n) is 20.9. The Labute approximate surface area is 207 Å². The number of phenolic OH excluding ortho intramolecular Hbond substituents is 1. The summed E-state index contributed by atoms with van der Waals surface area (Å²) in [7, 11) is 1.77. The van der Waals surface area contributed by atoms with E-state index in [1.165, 1.54) is 27.8 Å². The minimum Gasteiger partial charge on any atom is -0.508 e. The van der Waals surface area contributed by atoms with Crippen LogP contribution in [0.15, 0.2) is 52.5 Å². The Bertz CT molecular complexity index is 1210. The van der Waals surface area contributed by atoms with E-state index in [2.05, 4.69) is 42.2 Å². The number of aromatic hydroxyl groups is 1. The van der Waals surface area contributed by atoms with Gasteiger partial charge in [-0.05, 0) is 84.6 Å². The van der Waals surface area contributed by atoms with Gasteiger partial charge in [-0.3, -0.25) is 9.29 Å². The minimum absolute atomic E-state index is 0.177. The summed E-state index contributed by atoms with van der Waals surface area (Å²) in [4.78, 5) is 2.24. The quantitative estimate of drug-likeness (QED) is 0.371. The van der Waals surface area contributed by atoms with Gasteiger partial charge in [-0.1, -0.05) is 30.7 Å². The lowest BCUT2D eigenvalue weighted by atomic mass is 9.82. The van der Waals surface area contributed by atoms with Gasteiger partial charge in [-0.15, -0.1) is 0 Å². The predicted octanol–water partition coefficient (Wildman–Crippen LogP) is 6.74. The van der Waals surface area contributed by atoms with Crippen LogP contribution in [0.25, 0.3) is 16.5 Å². The Balaban J connectivity index is 1.55. The molecule has 1 saturated heterocycles. The largest absolute Gasteiger partial charge is 0.508 e. The number of halogens is 1. The number of benzene rings is 2. The fourth-order valence-electron chi connectivity index (χ4n) is 5.88. The number of furan rings is 1. The van der Waals surface area contributed by atoms with Gasteiger partial charge in [0.15, 0.2) is 0 Å². The highest BCUT2D eigenvalue weighted by molar-refractivity contribution is 5.89. The summed E-state index contributed by atoms with van der Waals surface area (Å²) < 4.78 is 24.5. The van der Waals surface area contributed by atoms with Crippen LogP contribution in [0.2, 0.25) is 0 Å². The van der Waals surface area contributed by atoms with Gasteiger partial charge < -0.3 is 14.3 Å². The van der Waals surface area contributed by atoms with Crippen molar-refractivity contribution in [2.75, 3.05) is 33.5 Å². The van der Waals surface area contributed by atoms with Crippen LogP contribution >= 0.6 is 0 Å². The first-order valence-electron chi connectivity index (χ1n) is 12.9. The molecule has 1 unspecified atom stereocenters. The van der Waals surface area contributed by atoms with Crippen LogP contribution in [0.5, 0.6) is 5.75 Å². The summed E-state index contributed by atoms with van der Waals surface area (Å²) in [6.07, 6.45) is 5.14. The second-order valence-corrected chi connectivity index (χ2v) is 10.2. The van der Waals surface area contributed by atoms with E-state index in [-0.39, 0.29) is 12.6 Å². The summed E-state index contributed by atoms with van der Waals surface area (Å²) >= 11 is 0. The summed E-state index contributed by atoms with van der Waals surface area (Å²) in [6.45, 7) is 5.11. The molecule has 4 nitrogen and oxygen atoms in total. The lowest BCUT2D eigenvalue weighted by Gasteiger charge is -2.36. The summed E-state index contributed by atoms with van der Waals surface area (Å²) in [5.74, 6) is 1.88. The number of allylic oxidation sites excluding steroid dienone is 1. The van der Waals surface area contributed by atoms with Crippen molar-refractivity contribution in [3.63, 3.8) is 0 Å². The lowest BCUT2D eigenvalue weighted by molar-refractivity contribution is 0.0677. The molecule has 0 bridgehead atoms. The number of aryl methyl sites for hydroxylation is 1. The van der Waals surface area contributed by atoms with Gasteiger partial charge in [-0.25, -0.2) is 0 Å². The van der Waals surface area contributed by atoms with E-state index in [0.29, 0.717) is 11.7 Å². The highest BCUT2D eigenvalue weighted by Gasteiger charge is 2.28. The molecule has 0 amide bonds. The molecule has 186 valence electrons. The van der Waals surface area contributed by atoms with Gasteiger partial charge in [0.1, 0.15) is 17.1 Å². The first-order valence-corrected chi connectivity index (χ1v) is 12.9. The zero-order valence-corrected chi connectivity index (χ0v) is 20.9. The maximum absolute atomic E-state index is 12.8. The SMILES string of the molecule is CCC(CCOC)C1=C(c2ccc3cc(CN4CC(CF)C4)oc3c2)c2ccc(O)cc2CCC1. The third-order valence-corrected chi connectivity index (χ3v) is 7.72. The number of nitrogens with zero attached hydrogens (tertiary/aromatic N) is 1. The molecule has 0 spiro atoms. The highest BCUT2D eigenvalue weighted by Crippen LogP contribution is 2.41. The molecule has 1 aromatic heterocycles. The second kappa shape index (κ2) is 10.5. The first-order chi connectivity index (χ1) is 17.1. The molecule has 1 N–H and O–H groups in total. The zero-order chi connectivity index (χ0) is 24.4. The van der Waals surface area contributed by atoms with Gasteiger partial charge >= 0.3 is 0 Å². The maximum Gasteiger partial charge on any atom is 0.134 e. The molecule has 2 aliphatic rings. The van der Waals surface area contributed by atoms with Crippen LogP contribution in [0, 0.1) is 11.8 Å². The van der Waals surface area contributed by atoms with E-state index >= 15 is 0 Å². The number of hydrogen-bond donors (Lipinski definition) is 1. The van der Waals surface area contributed by atoms with Crippen molar-refractivity contribution in [1.82, 2.24) is 4.90 Å². The first kappa shape index (κ1) is 24.1. The average Bonchev–Trinajstić information content (AvgIpc) is 3.14. The molecule has 1 aliphatic heterocycles. The molecule has 0 saturated carbocycles. The molecule has 2 heterocycles. The fraction of sp³-hybridized carbons (Fsp3) is 0.467. The highest BCUT2D eigenvalue weighted by atomic mass is 19.1. The standard InChI is InChI=1S/C30H36FNO3/c1-3-21(11-12-34-2)27-6-4-5-22-13-25(33)9-10-28(22)30(27)24-8-7-23-14-26(35-29(23)15-24)19-32-17-20(16-31)18-32/h7-10,13-15,20-21,33H,3-6,11-12,16-19H2,1-2H3. The van der Waals surface area contributed by atoms with Crippen molar-refractivity contribution in [2.24, 2.45) is 11.8 Å². The van der Waals surface area contributed by atoms with E-state index in [0.717, 1.165) is 75.1 Å². The van der Waals surface area contributed by atoms with E-state index in [1.807, 2.05) is 6.07 Å². The monoisotopic (exact) mass is 477 g/mol.